The molecule has 5 heteroatoms. The summed E-state index contributed by atoms with van der Waals surface area (Å²) in [5.74, 6) is 0.351. The molecule has 3 aromatic rings. The van der Waals surface area contributed by atoms with Crippen LogP contribution in [-0.2, 0) is 11.3 Å². The number of thiazole rings is 1. The van der Waals surface area contributed by atoms with Crippen molar-refractivity contribution in [3.8, 4) is 16.2 Å². The Labute approximate surface area is 144 Å². The first-order valence-corrected chi connectivity index (χ1v) is 8.53. The molecule has 0 saturated carbocycles. The van der Waals surface area contributed by atoms with Crippen LogP contribution >= 0.6 is 11.3 Å². The van der Waals surface area contributed by atoms with Gasteiger partial charge in [-0.2, -0.15) is 0 Å². The van der Waals surface area contributed by atoms with Gasteiger partial charge in [0.25, 0.3) is 0 Å². The molecular weight excluding hydrogens is 322 g/mol. The minimum atomic E-state index is -0.399. The van der Waals surface area contributed by atoms with E-state index in [0.717, 1.165) is 21.8 Å². The van der Waals surface area contributed by atoms with E-state index in [0.29, 0.717) is 18.9 Å². The fourth-order valence-corrected chi connectivity index (χ4v) is 3.04. The molecule has 2 aromatic carbocycles. The van der Waals surface area contributed by atoms with Crippen LogP contribution in [0.5, 0.6) is 5.75 Å². The normalized spacial score (nSPS) is 10.4. The van der Waals surface area contributed by atoms with Crippen molar-refractivity contribution in [3.63, 3.8) is 0 Å². The third-order valence-electron chi connectivity index (χ3n) is 3.38. The monoisotopic (exact) mass is 339 g/mol. The maximum absolute atomic E-state index is 12.0. The van der Waals surface area contributed by atoms with Crippen LogP contribution in [0.3, 0.4) is 0 Å². The minimum Gasteiger partial charge on any atom is -0.489 e. The van der Waals surface area contributed by atoms with Gasteiger partial charge >= 0.3 is 5.97 Å². The second-order valence-corrected chi connectivity index (χ2v) is 5.91. The van der Waals surface area contributed by atoms with Crippen LogP contribution in [0.15, 0.2) is 60.1 Å². The Bertz CT molecular complexity index is 814. The van der Waals surface area contributed by atoms with Crippen LogP contribution < -0.4 is 4.74 Å². The van der Waals surface area contributed by atoms with Gasteiger partial charge in [0.1, 0.15) is 12.4 Å². The topological polar surface area (TPSA) is 48.4 Å². The number of esters is 1. The molecule has 0 unspecified atom stereocenters. The summed E-state index contributed by atoms with van der Waals surface area (Å²) in [6.07, 6.45) is 0. The highest BCUT2D eigenvalue weighted by Gasteiger charge is 2.17. The highest BCUT2D eigenvalue weighted by Crippen LogP contribution is 2.30. The lowest BCUT2D eigenvalue weighted by atomic mass is 10.1. The fourth-order valence-electron chi connectivity index (χ4n) is 2.26. The Balaban J connectivity index is 1.79. The van der Waals surface area contributed by atoms with E-state index in [9.17, 15) is 4.79 Å². The minimum absolute atomic E-state index is 0.329. The lowest BCUT2D eigenvalue weighted by Gasteiger charge is -2.08. The molecule has 0 aliphatic rings. The number of carbonyl (C=O) groups excluding carboxylic acids is 1. The molecule has 0 radical (unpaired) electrons. The standard InChI is InChI=1S/C19H17NO3S/c1-2-22-19(21)17-18(24-13-20-17)15-9-6-10-16(11-15)23-12-14-7-4-3-5-8-14/h3-11,13H,2,12H2,1H3. The Morgan fingerprint density at radius 3 is 2.75 bits per heavy atom. The van der Waals surface area contributed by atoms with E-state index < -0.39 is 5.97 Å². The highest BCUT2D eigenvalue weighted by molar-refractivity contribution is 7.13. The largest absolute Gasteiger partial charge is 0.489 e. The number of hydrogen-bond donors (Lipinski definition) is 0. The van der Waals surface area contributed by atoms with Gasteiger partial charge in [-0.25, -0.2) is 9.78 Å². The van der Waals surface area contributed by atoms with Gasteiger partial charge in [0.2, 0.25) is 0 Å². The molecule has 0 saturated heterocycles. The van der Waals surface area contributed by atoms with E-state index in [2.05, 4.69) is 4.98 Å². The lowest BCUT2D eigenvalue weighted by Crippen LogP contribution is -2.06. The zero-order chi connectivity index (χ0) is 16.8. The second-order valence-electron chi connectivity index (χ2n) is 5.05. The zero-order valence-electron chi connectivity index (χ0n) is 13.3. The summed E-state index contributed by atoms with van der Waals surface area (Å²) in [5, 5.41) is 0. The van der Waals surface area contributed by atoms with Crippen molar-refractivity contribution in [2.45, 2.75) is 13.5 Å². The quantitative estimate of drug-likeness (QED) is 0.618. The molecular formula is C19H17NO3S. The molecule has 1 heterocycles. The van der Waals surface area contributed by atoms with E-state index in [4.69, 9.17) is 9.47 Å². The van der Waals surface area contributed by atoms with E-state index in [1.54, 1.807) is 12.4 Å². The number of ether oxygens (including phenoxy) is 2. The van der Waals surface area contributed by atoms with Gasteiger partial charge in [0.15, 0.2) is 5.69 Å². The second kappa shape index (κ2) is 7.75. The number of nitrogens with zero attached hydrogens (tertiary/aromatic N) is 1. The summed E-state index contributed by atoms with van der Waals surface area (Å²) < 4.78 is 10.9. The predicted octanol–water partition coefficient (Wildman–Crippen LogP) is 4.57. The first-order valence-electron chi connectivity index (χ1n) is 7.65. The molecule has 0 aliphatic heterocycles. The Hall–Kier alpha value is -2.66. The maximum atomic E-state index is 12.0. The van der Waals surface area contributed by atoms with Crippen molar-refractivity contribution < 1.29 is 14.3 Å². The van der Waals surface area contributed by atoms with Gasteiger partial charge in [0.05, 0.1) is 17.0 Å². The van der Waals surface area contributed by atoms with Crippen LogP contribution in [-0.4, -0.2) is 17.6 Å². The molecule has 4 nitrogen and oxygen atoms in total. The van der Waals surface area contributed by atoms with E-state index in [1.807, 2.05) is 54.6 Å². The van der Waals surface area contributed by atoms with Crippen molar-refractivity contribution >= 4 is 17.3 Å². The average Bonchev–Trinajstić information content (AvgIpc) is 3.11. The number of rotatable bonds is 6. The summed E-state index contributed by atoms with van der Waals surface area (Å²) >= 11 is 1.41. The maximum Gasteiger partial charge on any atom is 0.358 e. The third-order valence-corrected chi connectivity index (χ3v) is 4.26. The first kappa shape index (κ1) is 16.2. The Morgan fingerprint density at radius 2 is 1.96 bits per heavy atom. The molecule has 122 valence electrons. The summed E-state index contributed by atoms with van der Waals surface area (Å²) in [5.41, 5.74) is 4.00. The van der Waals surface area contributed by atoms with Crippen molar-refractivity contribution in [1.29, 1.82) is 0 Å². The molecule has 0 atom stereocenters. The Morgan fingerprint density at radius 1 is 1.12 bits per heavy atom. The number of carbonyl (C=O) groups is 1. The number of hydrogen-bond acceptors (Lipinski definition) is 5. The van der Waals surface area contributed by atoms with Gasteiger partial charge in [-0.1, -0.05) is 42.5 Å². The average molecular weight is 339 g/mol. The van der Waals surface area contributed by atoms with Gasteiger partial charge in [-0.05, 0) is 30.2 Å². The number of benzene rings is 2. The van der Waals surface area contributed by atoms with Gasteiger partial charge in [-0.3, -0.25) is 0 Å². The summed E-state index contributed by atoms with van der Waals surface area (Å²) in [4.78, 5) is 16.9. The fraction of sp³-hybridized carbons (Fsp3) is 0.158. The van der Waals surface area contributed by atoms with E-state index in [1.165, 1.54) is 11.3 Å². The molecule has 0 fully saturated rings. The summed E-state index contributed by atoms with van der Waals surface area (Å²) in [7, 11) is 0. The molecule has 0 spiro atoms. The molecule has 0 N–H and O–H groups in total. The van der Waals surface area contributed by atoms with Crippen molar-refractivity contribution in [3.05, 3.63) is 71.4 Å². The van der Waals surface area contributed by atoms with E-state index >= 15 is 0 Å². The summed E-state index contributed by atoms with van der Waals surface area (Å²) in [6, 6.07) is 17.6. The zero-order valence-corrected chi connectivity index (χ0v) is 14.1. The van der Waals surface area contributed by atoms with Crippen LogP contribution in [0.25, 0.3) is 10.4 Å². The van der Waals surface area contributed by atoms with Crippen molar-refractivity contribution in [1.82, 2.24) is 4.98 Å². The Kier molecular flexibility index (Phi) is 5.23. The van der Waals surface area contributed by atoms with Gasteiger partial charge in [-0.15, -0.1) is 11.3 Å². The molecule has 0 bridgehead atoms. The molecule has 0 amide bonds. The van der Waals surface area contributed by atoms with Crippen molar-refractivity contribution in [2.24, 2.45) is 0 Å². The van der Waals surface area contributed by atoms with Crippen LogP contribution in [0.2, 0.25) is 0 Å². The third kappa shape index (κ3) is 3.81. The SMILES string of the molecule is CCOC(=O)c1ncsc1-c1cccc(OCc2ccccc2)c1. The molecule has 0 aliphatic carbocycles. The molecule has 24 heavy (non-hydrogen) atoms. The first-order chi connectivity index (χ1) is 11.8. The highest BCUT2D eigenvalue weighted by atomic mass is 32.1. The van der Waals surface area contributed by atoms with Crippen LogP contribution in [0.4, 0.5) is 0 Å². The molecule has 1 aromatic heterocycles. The van der Waals surface area contributed by atoms with Gasteiger partial charge < -0.3 is 9.47 Å². The summed E-state index contributed by atoms with van der Waals surface area (Å²) in [6.45, 7) is 2.61. The number of aromatic nitrogens is 1. The van der Waals surface area contributed by atoms with E-state index in [-0.39, 0.29) is 0 Å². The van der Waals surface area contributed by atoms with Crippen molar-refractivity contribution in [2.75, 3.05) is 6.61 Å². The molecule has 3 rings (SSSR count). The lowest BCUT2D eigenvalue weighted by molar-refractivity contribution is 0.0521. The van der Waals surface area contributed by atoms with Gasteiger partial charge in [0, 0.05) is 0 Å². The van der Waals surface area contributed by atoms with Crippen LogP contribution in [0, 0.1) is 0 Å². The van der Waals surface area contributed by atoms with Crippen LogP contribution in [0.1, 0.15) is 23.0 Å². The predicted molar refractivity (Wildman–Crippen MR) is 94.3 cm³/mol. The smallest absolute Gasteiger partial charge is 0.358 e.